The quantitative estimate of drug-likeness (QED) is 0.574. The van der Waals surface area contributed by atoms with Gasteiger partial charge in [-0.3, -0.25) is 9.78 Å². The lowest BCUT2D eigenvalue weighted by Gasteiger charge is -2.05. The summed E-state index contributed by atoms with van der Waals surface area (Å²) in [6.07, 6.45) is 3.61. The molecule has 3 heterocycles. The van der Waals surface area contributed by atoms with Crippen LogP contribution < -0.4 is 10.3 Å². The number of nitrogens with one attached hydrogen (secondary N) is 1. The van der Waals surface area contributed by atoms with Crippen molar-refractivity contribution in [2.24, 2.45) is 0 Å². The smallest absolute Gasteiger partial charge is 0.273 e. The summed E-state index contributed by atoms with van der Waals surface area (Å²) in [5.74, 6) is 0.710. The van der Waals surface area contributed by atoms with Crippen LogP contribution in [0.25, 0.3) is 27.5 Å². The molecule has 0 aliphatic rings. The van der Waals surface area contributed by atoms with Crippen molar-refractivity contribution >= 4 is 27.5 Å². The Hall–Kier alpha value is -2.82. The van der Waals surface area contributed by atoms with Crippen LogP contribution in [-0.4, -0.2) is 21.5 Å². The van der Waals surface area contributed by atoms with Crippen molar-refractivity contribution in [3.63, 3.8) is 0 Å². The van der Waals surface area contributed by atoms with Crippen LogP contribution in [0.1, 0.15) is 0 Å². The van der Waals surface area contributed by atoms with Crippen molar-refractivity contribution in [1.82, 2.24) is 14.4 Å². The molecule has 4 aromatic rings. The van der Waals surface area contributed by atoms with Crippen molar-refractivity contribution in [1.29, 1.82) is 0 Å². The van der Waals surface area contributed by atoms with Crippen LogP contribution in [0.15, 0.2) is 47.5 Å². The molecule has 0 unspecified atom stereocenters. The minimum absolute atomic E-state index is 0.131. The molecular formula is C15H11N3O2. The van der Waals surface area contributed by atoms with Crippen LogP contribution in [0.5, 0.6) is 5.75 Å². The average molecular weight is 265 g/mol. The van der Waals surface area contributed by atoms with Crippen LogP contribution >= 0.6 is 0 Å². The maximum Gasteiger partial charge on any atom is 0.273 e. The van der Waals surface area contributed by atoms with Crippen molar-refractivity contribution in [2.75, 3.05) is 7.11 Å². The summed E-state index contributed by atoms with van der Waals surface area (Å²) < 4.78 is 7.07. The number of benzene rings is 1. The monoisotopic (exact) mass is 265 g/mol. The summed E-state index contributed by atoms with van der Waals surface area (Å²) in [4.78, 5) is 19.5. The molecule has 0 saturated heterocycles. The second kappa shape index (κ2) is 3.84. The minimum atomic E-state index is -0.131. The topological polar surface area (TPSA) is 59.4 Å². The predicted molar refractivity (Wildman–Crippen MR) is 77.4 cm³/mol. The van der Waals surface area contributed by atoms with Gasteiger partial charge in [0.1, 0.15) is 11.3 Å². The second-order valence-corrected chi connectivity index (χ2v) is 4.62. The Morgan fingerprint density at radius 1 is 1.30 bits per heavy atom. The van der Waals surface area contributed by atoms with Gasteiger partial charge in [0, 0.05) is 23.8 Å². The van der Waals surface area contributed by atoms with Gasteiger partial charge >= 0.3 is 0 Å². The third-order valence-electron chi connectivity index (χ3n) is 3.51. The van der Waals surface area contributed by atoms with Gasteiger partial charge < -0.3 is 14.1 Å². The van der Waals surface area contributed by atoms with Gasteiger partial charge in [-0.15, -0.1) is 0 Å². The first kappa shape index (κ1) is 11.0. The third kappa shape index (κ3) is 1.37. The van der Waals surface area contributed by atoms with E-state index in [9.17, 15) is 4.79 Å². The zero-order chi connectivity index (χ0) is 13.7. The molecule has 5 heteroatoms. The van der Waals surface area contributed by atoms with Crippen molar-refractivity contribution in [3.8, 4) is 5.75 Å². The molecule has 0 radical (unpaired) electrons. The molecule has 4 rings (SSSR count). The van der Waals surface area contributed by atoms with E-state index < -0.39 is 0 Å². The number of hydrogen-bond donors (Lipinski definition) is 1. The summed E-state index contributed by atoms with van der Waals surface area (Å²) in [5, 5.41) is 0.853. The number of rotatable bonds is 1. The highest BCUT2D eigenvalue weighted by atomic mass is 16.5. The number of aromatic amines is 1. The van der Waals surface area contributed by atoms with Gasteiger partial charge in [0.25, 0.3) is 5.56 Å². The number of hydrogen-bond acceptors (Lipinski definition) is 3. The van der Waals surface area contributed by atoms with Crippen LogP contribution in [0.3, 0.4) is 0 Å². The highest BCUT2D eigenvalue weighted by molar-refractivity contribution is 5.97. The first-order chi connectivity index (χ1) is 9.78. The number of ether oxygens (including phenoxy) is 1. The lowest BCUT2D eigenvalue weighted by molar-refractivity contribution is 0.415. The van der Waals surface area contributed by atoms with E-state index in [1.54, 1.807) is 13.3 Å². The number of nitrogens with zero attached hydrogens (tertiary/aromatic N) is 2. The fourth-order valence-corrected chi connectivity index (χ4v) is 2.59. The number of fused-ring (bicyclic) bond motifs is 5. The van der Waals surface area contributed by atoms with E-state index >= 15 is 0 Å². The molecule has 0 amide bonds. The van der Waals surface area contributed by atoms with Crippen LogP contribution in [-0.2, 0) is 0 Å². The molecule has 98 valence electrons. The van der Waals surface area contributed by atoms with Crippen molar-refractivity contribution in [2.45, 2.75) is 0 Å². The molecule has 20 heavy (non-hydrogen) atoms. The molecule has 0 aliphatic carbocycles. The predicted octanol–water partition coefficient (Wildman–Crippen LogP) is 2.34. The second-order valence-electron chi connectivity index (χ2n) is 4.62. The van der Waals surface area contributed by atoms with Gasteiger partial charge in [0.15, 0.2) is 0 Å². The number of aromatic nitrogens is 3. The molecule has 3 aromatic heterocycles. The zero-order valence-electron chi connectivity index (χ0n) is 10.8. The maximum atomic E-state index is 12.3. The molecule has 0 aliphatic heterocycles. The van der Waals surface area contributed by atoms with Gasteiger partial charge in [-0.25, -0.2) is 0 Å². The largest absolute Gasteiger partial charge is 0.497 e. The molecular weight excluding hydrogens is 254 g/mol. The Kier molecular flexibility index (Phi) is 2.12. The molecule has 0 spiro atoms. The Bertz CT molecular complexity index is 1010. The van der Waals surface area contributed by atoms with Crippen molar-refractivity contribution in [3.05, 3.63) is 53.1 Å². The van der Waals surface area contributed by atoms with E-state index in [-0.39, 0.29) is 5.56 Å². The molecule has 0 atom stereocenters. The highest BCUT2D eigenvalue weighted by Crippen LogP contribution is 2.23. The Balaban J connectivity index is 2.27. The van der Waals surface area contributed by atoms with Crippen LogP contribution in [0, 0.1) is 0 Å². The number of H-pyrrole nitrogens is 1. The highest BCUT2D eigenvalue weighted by Gasteiger charge is 2.11. The molecule has 5 nitrogen and oxygen atoms in total. The molecule has 1 N–H and O–H groups in total. The van der Waals surface area contributed by atoms with E-state index in [0.29, 0.717) is 11.3 Å². The molecule has 0 bridgehead atoms. The Morgan fingerprint density at radius 2 is 2.20 bits per heavy atom. The fourth-order valence-electron chi connectivity index (χ4n) is 2.59. The summed E-state index contributed by atoms with van der Waals surface area (Å²) in [6, 6.07) is 9.35. The van der Waals surface area contributed by atoms with Crippen molar-refractivity contribution < 1.29 is 4.74 Å². The number of pyridine rings is 1. The van der Waals surface area contributed by atoms with E-state index in [4.69, 9.17) is 4.74 Å². The van der Waals surface area contributed by atoms with Crippen LogP contribution in [0.4, 0.5) is 0 Å². The molecule has 0 saturated carbocycles. The summed E-state index contributed by atoms with van der Waals surface area (Å²) in [5.41, 5.74) is 2.95. The lowest BCUT2D eigenvalue weighted by Crippen LogP contribution is -2.09. The average Bonchev–Trinajstić information content (AvgIpc) is 2.86. The van der Waals surface area contributed by atoms with Gasteiger partial charge in [0.2, 0.25) is 0 Å². The van der Waals surface area contributed by atoms with Gasteiger partial charge in [-0.05, 0) is 24.3 Å². The normalized spacial score (nSPS) is 11.4. The summed E-state index contributed by atoms with van der Waals surface area (Å²) in [6.45, 7) is 0. The molecule has 0 fully saturated rings. The first-order valence-corrected chi connectivity index (χ1v) is 6.24. The maximum absolute atomic E-state index is 12.3. The third-order valence-corrected chi connectivity index (χ3v) is 3.51. The summed E-state index contributed by atoms with van der Waals surface area (Å²) in [7, 11) is 1.60. The zero-order valence-corrected chi connectivity index (χ0v) is 10.8. The van der Waals surface area contributed by atoms with Gasteiger partial charge in [0.05, 0.1) is 23.7 Å². The van der Waals surface area contributed by atoms with Gasteiger partial charge in [-0.2, -0.15) is 0 Å². The van der Waals surface area contributed by atoms with Gasteiger partial charge in [-0.1, -0.05) is 0 Å². The SMILES string of the molecule is COc1ccc2c(c1)[nH]c(=O)c1c3cccnc3cn21. The Labute approximate surface area is 113 Å². The minimum Gasteiger partial charge on any atom is -0.497 e. The van der Waals surface area contributed by atoms with E-state index in [1.807, 2.05) is 40.9 Å². The standard InChI is InChI=1S/C15H11N3O2/c1-20-9-4-5-13-11(7-9)17-15(19)14-10-3-2-6-16-12(10)8-18(13)14/h2-8H,1H3,(H,17,19). The first-order valence-electron chi connectivity index (χ1n) is 6.24. The number of methoxy groups -OCH3 is 1. The van der Waals surface area contributed by atoms with E-state index in [1.165, 1.54) is 0 Å². The van der Waals surface area contributed by atoms with E-state index in [0.717, 1.165) is 21.9 Å². The summed E-state index contributed by atoms with van der Waals surface area (Å²) >= 11 is 0. The van der Waals surface area contributed by atoms with Crippen LogP contribution in [0.2, 0.25) is 0 Å². The van der Waals surface area contributed by atoms with E-state index in [2.05, 4.69) is 9.97 Å². The fraction of sp³-hybridized carbons (Fsp3) is 0.0667. The Morgan fingerprint density at radius 3 is 3.05 bits per heavy atom. The lowest BCUT2D eigenvalue weighted by atomic mass is 10.2. The molecule has 1 aromatic carbocycles.